The zero-order valence-corrected chi connectivity index (χ0v) is 13.1. The number of fused-ring (bicyclic) bond motifs is 2. The molecule has 3 rings (SSSR count). The van der Waals surface area contributed by atoms with E-state index in [4.69, 9.17) is 5.73 Å². The largest absolute Gasteiger partial charge is 0.339 e. The minimum absolute atomic E-state index is 0.268. The Balaban J connectivity index is 1.68. The average Bonchev–Trinajstić information content (AvgIpc) is 2.79. The molecule has 2 N–H and O–H groups in total. The smallest absolute Gasteiger partial charge is 0.225 e. The van der Waals surface area contributed by atoms with E-state index >= 15 is 0 Å². The summed E-state index contributed by atoms with van der Waals surface area (Å²) in [4.78, 5) is 15.1. The molecule has 20 heavy (non-hydrogen) atoms. The number of nitrogens with two attached hydrogens (primary N) is 1. The van der Waals surface area contributed by atoms with E-state index < -0.39 is 0 Å². The van der Waals surface area contributed by atoms with Crippen molar-refractivity contribution in [2.75, 3.05) is 6.54 Å². The van der Waals surface area contributed by atoms with E-state index in [0.29, 0.717) is 35.7 Å². The highest BCUT2D eigenvalue weighted by atomic mass is 16.2. The number of hydrogen-bond acceptors (Lipinski definition) is 2. The second-order valence-corrected chi connectivity index (χ2v) is 7.59. The fourth-order valence-corrected chi connectivity index (χ4v) is 5.03. The van der Waals surface area contributed by atoms with Gasteiger partial charge in [0.05, 0.1) is 0 Å². The molecule has 0 radical (unpaired) electrons. The molecule has 114 valence electrons. The highest BCUT2D eigenvalue weighted by molar-refractivity contribution is 5.79. The average molecular weight is 278 g/mol. The van der Waals surface area contributed by atoms with Gasteiger partial charge in [-0.3, -0.25) is 4.79 Å². The number of likely N-dealkylation sites (tertiary alicyclic amines) is 1. The van der Waals surface area contributed by atoms with Gasteiger partial charge in [-0.05, 0) is 56.3 Å². The Morgan fingerprint density at radius 3 is 2.45 bits per heavy atom. The minimum Gasteiger partial charge on any atom is -0.339 e. The lowest BCUT2D eigenvalue weighted by Gasteiger charge is -2.44. The first-order valence-electron chi connectivity index (χ1n) is 8.66. The fraction of sp³-hybridized carbons (Fsp3) is 0.941. The molecule has 1 aliphatic heterocycles. The summed E-state index contributed by atoms with van der Waals surface area (Å²) in [5.41, 5.74) is 6.35. The van der Waals surface area contributed by atoms with E-state index in [-0.39, 0.29) is 5.92 Å². The zero-order valence-electron chi connectivity index (χ0n) is 13.1. The first-order chi connectivity index (χ1) is 9.60. The Hall–Kier alpha value is -0.570. The van der Waals surface area contributed by atoms with Crippen molar-refractivity contribution < 1.29 is 4.79 Å². The van der Waals surface area contributed by atoms with Crippen molar-refractivity contribution in [2.45, 2.75) is 70.9 Å². The van der Waals surface area contributed by atoms with Gasteiger partial charge in [0, 0.05) is 24.5 Å². The van der Waals surface area contributed by atoms with Crippen molar-refractivity contribution in [3.05, 3.63) is 0 Å². The van der Waals surface area contributed by atoms with Crippen molar-refractivity contribution in [3.8, 4) is 0 Å². The lowest BCUT2D eigenvalue weighted by Crippen LogP contribution is -2.50. The van der Waals surface area contributed by atoms with Gasteiger partial charge in [0.1, 0.15) is 0 Å². The molecule has 3 nitrogen and oxygen atoms in total. The van der Waals surface area contributed by atoms with Gasteiger partial charge in [-0.15, -0.1) is 0 Å². The Morgan fingerprint density at radius 1 is 1.20 bits per heavy atom. The molecule has 2 saturated carbocycles. The SMILES string of the molecule is CCC1CC(C)CN1C(=O)C1CC2CCCC(C1)C2N. The monoisotopic (exact) mass is 278 g/mol. The summed E-state index contributed by atoms with van der Waals surface area (Å²) in [7, 11) is 0. The molecule has 1 amide bonds. The number of hydrogen-bond donors (Lipinski definition) is 1. The van der Waals surface area contributed by atoms with E-state index in [0.717, 1.165) is 25.8 Å². The third-order valence-electron chi connectivity index (χ3n) is 6.14. The summed E-state index contributed by atoms with van der Waals surface area (Å²) >= 11 is 0. The summed E-state index contributed by atoms with van der Waals surface area (Å²) in [6.07, 6.45) is 8.22. The molecule has 0 aromatic carbocycles. The summed E-state index contributed by atoms with van der Waals surface area (Å²) in [5.74, 6) is 2.61. The van der Waals surface area contributed by atoms with Gasteiger partial charge in [0.25, 0.3) is 0 Å². The van der Waals surface area contributed by atoms with Gasteiger partial charge in [0.15, 0.2) is 0 Å². The highest BCUT2D eigenvalue weighted by Gasteiger charge is 2.43. The van der Waals surface area contributed by atoms with E-state index in [9.17, 15) is 4.79 Å². The van der Waals surface area contributed by atoms with E-state index in [1.807, 2.05) is 0 Å². The van der Waals surface area contributed by atoms with Crippen LogP contribution in [0.3, 0.4) is 0 Å². The minimum atomic E-state index is 0.268. The molecule has 3 aliphatic rings. The molecule has 0 spiro atoms. The van der Waals surface area contributed by atoms with Crippen molar-refractivity contribution in [2.24, 2.45) is 29.4 Å². The standard InChI is InChI=1S/C17H30N2O/c1-3-15-7-11(2)10-19(15)17(20)14-8-12-5-4-6-13(9-14)16(12)18/h11-16H,3-10,18H2,1-2H3. The second-order valence-electron chi connectivity index (χ2n) is 7.59. The van der Waals surface area contributed by atoms with Crippen LogP contribution >= 0.6 is 0 Å². The third-order valence-corrected chi connectivity index (χ3v) is 6.14. The van der Waals surface area contributed by atoms with Crippen LogP contribution in [0.4, 0.5) is 0 Å². The summed E-state index contributed by atoms with van der Waals surface area (Å²) in [5, 5.41) is 0. The summed E-state index contributed by atoms with van der Waals surface area (Å²) < 4.78 is 0. The molecule has 1 heterocycles. The normalized spacial score (nSPS) is 44.6. The van der Waals surface area contributed by atoms with Gasteiger partial charge >= 0.3 is 0 Å². The molecule has 3 fully saturated rings. The maximum absolute atomic E-state index is 12.9. The van der Waals surface area contributed by atoms with Crippen LogP contribution in [0.2, 0.25) is 0 Å². The van der Waals surface area contributed by atoms with E-state index in [2.05, 4.69) is 18.7 Å². The van der Waals surface area contributed by atoms with Crippen molar-refractivity contribution >= 4 is 5.91 Å². The first-order valence-corrected chi connectivity index (χ1v) is 8.66. The van der Waals surface area contributed by atoms with Crippen LogP contribution in [-0.2, 0) is 4.79 Å². The Labute approximate surface area is 123 Å². The molecule has 0 aromatic rings. The maximum Gasteiger partial charge on any atom is 0.225 e. The van der Waals surface area contributed by atoms with Crippen LogP contribution in [0.5, 0.6) is 0 Å². The molecule has 4 atom stereocenters. The Kier molecular flexibility index (Phi) is 4.07. The zero-order chi connectivity index (χ0) is 14.3. The van der Waals surface area contributed by atoms with Gasteiger partial charge in [-0.2, -0.15) is 0 Å². The van der Waals surface area contributed by atoms with Gasteiger partial charge in [-0.25, -0.2) is 0 Å². The van der Waals surface area contributed by atoms with E-state index in [1.54, 1.807) is 0 Å². The van der Waals surface area contributed by atoms with Crippen molar-refractivity contribution in [1.82, 2.24) is 4.90 Å². The predicted octanol–water partition coefficient (Wildman–Crippen LogP) is 2.79. The van der Waals surface area contributed by atoms with Crippen LogP contribution in [0.1, 0.15) is 58.8 Å². The summed E-state index contributed by atoms with van der Waals surface area (Å²) in [6.45, 7) is 5.48. The van der Waals surface area contributed by atoms with E-state index in [1.165, 1.54) is 25.7 Å². The number of rotatable bonds is 2. The molecule has 0 aromatic heterocycles. The number of amides is 1. The van der Waals surface area contributed by atoms with Crippen molar-refractivity contribution in [1.29, 1.82) is 0 Å². The molecule has 1 saturated heterocycles. The molecular formula is C17H30N2O. The number of carbonyl (C=O) groups is 1. The molecular weight excluding hydrogens is 248 g/mol. The fourth-order valence-electron chi connectivity index (χ4n) is 5.03. The molecule has 4 unspecified atom stereocenters. The lowest BCUT2D eigenvalue weighted by atomic mass is 9.65. The maximum atomic E-state index is 12.9. The molecule has 2 aliphatic carbocycles. The quantitative estimate of drug-likeness (QED) is 0.844. The Bertz CT molecular complexity index is 356. The van der Waals surface area contributed by atoms with Gasteiger partial charge < -0.3 is 10.6 Å². The second kappa shape index (κ2) is 5.67. The van der Waals surface area contributed by atoms with Crippen LogP contribution in [0.15, 0.2) is 0 Å². The number of nitrogens with zero attached hydrogens (tertiary/aromatic N) is 1. The molecule has 2 bridgehead atoms. The highest BCUT2D eigenvalue weighted by Crippen LogP contribution is 2.43. The van der Waals surface area contributed by atoms with Crippen molar-refractivity contribution in [3.63, 3.8) is 0 Å². The summed E-state index contributed by atoms with van der Waals surface area (Å²) in [6, 6.07) is 0.861. The number of carbonyl (C=O) groups excluding carboxylic acids is 1. The third kappa shape index (κ3) is 2.49. The van der Waals surface area contributed by atoms with Crippen LogP contribution in [0, 0.1) is 23.7 Å². The lowest BCUT2D eigenvalue weighted by molar-refractivity contribution is -0.139. The predicted molar refractivity (Wildman–Crippen MR) is 81.1 cm³/mol. The van der Waals surface area contributed by atoms with Gasteiger partial charge in [-0.1, -0.05) is 20.3 Å². The van der Waals surface area contributed by atoms with Gasteiger partial charge in [0.2, 0.25) is 5.91 Å². The molecule has 3 heteroatoms. The topological polar surface area (TPSA) is 46.3 Å². The van der Waals surface area contributed by atoms with Crippen LogP contribution in [0.25, 0.3) is 0 Å². The van der Waals surface area contributed by atoms with Crippen LogP contribution in [-0.4, -0.2) is 29.4 Å². The Morgan fingerprint density at radius 2 is 1.85 bits per heavy atom. The van der Waals surface area contributed by atoms with Crippen LogP contribution < -0.4 is 5.73 Å². The first kappa shape index (κ1) is 14.4.